The first kappa shape index (κ1) is 21.2. The predicted molar refractivity (Wildman–Crippen MR) is 95.5 cm³/mol. The molecule has 27 heavy (non-hydrogen) atoms. The second-order valence-corrected chi connectivity index (χ2v) is 7.40. The van der Waals surface area contributed by atoms with Crippen molar-refractivity contribution in [2.45, 2.75) is 44.8 Å². The van der Waals surface area contributed by atoms with Gasteiger partial charge < -0.3 is 16.4 Å². The standard InChI is InChI=1S/C19H26F3N3O2/c1-12(13-5-4-8-24-11-13)9-16(26)25-18(2,17(23)27)14-6-3-7-15(10-14)19(20,21)22/h3,6-7,10,12-13,24H,4-5,8-9,11H2,1-2H3,(H2,23,27)(H,25,26). The number of benzene rings is 1. The molecule has 1 aromatic carbocycles. The van der Waals surface area contributed by atoms with Crippen molar-refractivity contribution >= 4 is 11.8 Å². The van der Waals surface area contributed by atoms with Crippen molar-refractivity contribution < 1.29 is 22.8 Å². The monoisotopic (exact) mass is 385 g/mol. The second kappa shape index (κ2) is 8.29. The zero-order chi connectivity index (χ0) is 20.2. The molecule has 1 aliphatic heterocycles. The number of carbonyl (C=O) groups excluding carboxylic acids is 2. The molecule has 0 bridgehead atoms. The lowest BCUT2D eigenvalue weighted by atomic mass is 9.84. The highest BCUT2D eigenvalue weighted by Crippen LogP contribution is 2.32. The summed E-state index contributed by atoms with van der Waals surface area (Å²) in [6.45, 7) is 5.08. The molecule has 0 spiro atoms. The lowest BCUT2D eigenvalue weighted by Gasteiger charge is -2.31. The maximum atomic E-state index is 13.0. The van der Waals surface area contributed by atoms with E-state index in [1.54, 1.807) is 0 Å². The van der Waals surface area contributed by atoms with Crippen LogP contribution in [-0.4, -0.2) is 24.9 Å². The number of carbonyl (C=O) groups is 2. The van der Waals surface area contributed by atoms with Gasteiger partial charge in [-0.05, 0) is 62.4 Å². The van der Waals surface area contributed by atoms with Crippen molar-refractivity contribution in [3.8, 4) is 0 Å². The van der Waals surface area contributed by atoms with Gasteiger partial charge in [0.25, 0.3) is 0 Å². The van der Waals surface area contributed by atoms with Gasteiger partial charge in [0, 0.05) is 6.42 Å². The summed E-state index contributed by atoms with van der Waals surface area (Å²) in [5, 5.41) is 5.85. The van der Waals surface area contributed by atoms with Gasteiger partial charge in [-0.2, -0.15) is 13.2 Å². The van der Waals surface area contributed by atoms with Crippen molar-refractivity contribution in [3.05, 3.63) is 35.4 Å². The Morgan fingerprint density at radius 2 is 2.00 bits per heavy atom. The van der Waals surface area contributed by atoms with Gasteiger partial charge >= 0.3 is 6.18 Å². The smallest absolute Gasteiger partial charge is 0.367 e. The summed E-state index contributed by atoms with van der Waals surface area (Å²) >= 11 is 0. The number of nitrogens with two attached hydrogens (primary N) is 1. The molecule has 0 radical (unpaired) electrons. The molecule has 0 saturated carbocycles. The van der Waals surface area contributed by atoms with Crippen molar-refractivity contribution in [2.75, 3.05) is 13.1 Å². The highest BCUT2D eigenvalue weighted by molar-refractivity contribution is 5.91. The second-order valence-electron chi connectivity index (χ2n) is 7.40. The summed E-state index contributed by atoms with van der Waals surface area (Å²) in [5.41, 5.74) is 2.82. The summed E-state index contributed by atoms with van der Waals surface area (Å²) in [5.74, 6) is -0.900. The largest absolute Gasteiger partial charge is 0.416 e. The van der Waals surface area contributed by atoms with Crippen LogP contribution in [0.15, 0.2) is 24.3 Å². The first-order valence-corrected chi connectivity index (χ1v) is 9.03. The van der Waals surface area contributed by atoms with E-state index < -0.39 is 29.1 Å². The van der Waals surface area contributed by atoms with Gasteiger partial charge in [0.05, 0.1) is 5.56 Å². The normalized spacial score (nSPS) is 21.1. The summed E-state index contributed by atoms with van der Waals surface area (Å²) in [6, 6.07) is 4.31. The highest BCUT2D eigenvalue weighted by atomic mass is 19.4. The third-order valence-corrected chi connectivity index (χ3v) is 5.30. The number of rotatable bonds is 6. The van der Waals surface area contributed by atoms with E-state index in [0.717, 1.165) is 38.1 Å². The quantitative estimate of drug-likeness (QED) is 0.704. The van der Waals surface area contributed by atoms with Gasteiger partial charge in [-0.15, -0.1) is 0 Å². The van der Waals surface area contributed by atoms with E-state index in [1.165, 1.54) is 19.1 Å². The van der Waals surface area contributed by atoms with Crippen LogP contribution >= 0.6 is 0 Å². The minimum absolute atomic E-state index is 0.00478. The number of piperidine rings is 1. The fraction of sp³-hybridized carbons (Fsp3) is 0.579. The highest BCUT2D eigenvalue weighted by Gasteiger charge is 2.38. The van der Waals surface area contributed by atoms with Crippen LogP contribution < -0.4 is 16.4 Å². The van der Waals surface area contributed by atoms with Crippen LogP contribution in [-0.2, 0) is 21.3 Å². The molecule has 0 aromatic heterocycles. The number of alkyl halides is 3. The van der Waals surface area contributed by atoms with Crippen LogP contribution in [0.3, 0.4) is 0 Å². The van der Waals surface area contributed by atoms with E-state index in [1.807, 2.05) is 6.92 Å². The van der Waals surface area contributed by atoms with Crippen LogP contribution in [0.5, 0.6) is 0 Å². The SMILES string of the molecule is CC(CC(=O)NC(C)(C(N)=O)c1cccc(C(F)(F)F)c1)C1CCCNC1. The lowest BCUT2D eigenvalue weighted by molar-refractivity contribution is -0.138. The summed E-state index contributed by atoms with van der Waals surface area (Å²) < 4.78 is 39.0. The molecule has 4 N–H and O–H groups in total. The first-order valence-electron chi connectivity index (χ1n) is 9.03. The maximum absolute atomic E-state index is 13.0. The number of hydrogen-bond donors (Lipinski definition) is 3. The molecule has 5 nitrogen and oxygen atoms in total. The lowest BCUT2D eigenvalue weighted by Crippen LogP contribution is -2.53. The molecule has 1 aromatic rings. The van der Waals surface area contributed by atoms with Crippen LogP contribution in [0, 0.1) is 11.8 Å². The van der Waals surface area contributed by atoms with E-state index in [0.29, 0.717) is 5.92 Å². The summed E-state index contributed by atoms with van der Waals surface area (Å²) in [6.07, 6.45) is -2.32. The molecule has 3 unspecified atom stereocenters. The van der Waals surface area contributed by atoms with Crippen molar-refractivity contribution in [1.29, 1.82) is 0 Å². The molecule has 2 amide bonds. The van der Waals surface area contributed by atoms with Gasteiger partial charge in [0.1, 0.15) is 5.54 Å². The molecule has 150 valence electrons. The Hall–Kier alpha value is -2.09. The number of primary amides is 1. The minimum atomic E-state index is -4.55. The zero-order valence-electron chi connectivity index (χ0n) is 15.5. The Labute approximate surface area is 156 Å². The van der Waals surface area contributed by atoms with Gasteiger partial charge in [0.2, 0.25) is 11.8 Å². The van der Waals surface area contributed by atoms with Crippen LogP contribution in [0.2, 0.25) is 0 Å². The molecule has 1 saturated heterocycles. The van der Waals surface area contributed by atoms with E-state index in [-0.39, 0.29) is 17.9 Å². The molecular formula is C19H26F3N3O2. The molecule has 8 heteroatoms. The zero-order valence-corrected chi connectivity index (χ0v) is 15.5. The van der Waals surface area contributed by atoms with E-state index in [9.17, 15) is 22.8 Å². The van der Waals surface area contributed by atoms with E-state index >= 15 is 0 Å². The van der Waals surface area contributed by atoms with Crippen molar-refractivity contribution in [3.63, 3.8) is 0 Å². The van der Waals surface area contributed by atoms with Crippen LogP contribution in [0.1, 0.15) is 44.2 Å². The van der Waals surface area contributed by atoms with E-state index in [4.69, 9.17) is 5.73 Å². The Balaban J connectivity index is 2.16. The average Bonchev–Trinajstić information content (AvgIpc) is 2.61. The first-order chi connectivity index (χ1) is 12.5. The predicted octanol–water partition coefficient (Wildman–Crippen LogP) is 2.55. The van der Waals surface area contributed by atoms with Crippen LogP contribution in [0.25, 0.3) is 0 Å². The fourth-order valence-corrected chi connectivity index (χ4v) is 3.44. The Morgan fingerprint density at radius 3 is 2.56 bits per heavy atom. The average molecular weight is 385 g/mol. The molecule has 2 rings (SSSR count). The number of halogens is 3. The molecular weight excluding hydrogens is 359 g/mol. The van der Waals surface area contributed by atoms with Crippen molar-refractivity contribution in [1.82, 2.24) is 10.6 Å². The number of hydrogen-bond acceptors (Lipinski definition) is 3. The molecule has 0 aliphatic carbocycles. The third-order valence-electron chi connectivity index (χ3n) is 5.30. The molecule has 1 aliphatic rings. The number of amides is 2. The van der Waals surface area contributed by atoms with Gasteiger partial charge in [-0.25, -0.2) is 0 Å². The third kappa shape index (κ3) is 5.22. The fourth-order valence-electron chi connectivity index (χ4n) is 3.44. The van der Waals surface area contributed by atoms with E-state index in [2.05, 4.69) is 10.6 Å². The van der Waals surface area contributed by atoms with Gasteiger partial charge in [-0.3, -0.25) is 9.59 Å². The summed E-state index contributed by atoms with van der Waals surface area (Å²) in [4.78, 5) is 24.5. The van der Waals surface area contributed by atoms with Crippen LogP contribution in [0.4, 0.5) is 13.2 Å². The topological polar surface area (TPSA) is 84.2 Å². The minimum Gasteiger partial charge on any atom is -0.367 e. The molecule has 3 atom stereocenters. The molecule has 1 heterocycles. The maximum Gasteiger partial charge on any atom is 0.416 e. The van der Waals surface area contributed by atoms with Crippen molar-refractivity contribution in [2.24, 2.45) is 17.6 Å². The number of nitrogens with one attached hydrogen (secondary N) is 2. The Morgan fingerprint density at radius 1 is 1.33 bits per heavy atom. The summed E-state index contributed by atoms with van der Waals surface area (Å²) in [7, 11) is 0. The van der Waals surface area contributed by atoms with Gasteiger partial charge in [-0.1, -0.05) is 19.1 Å². The Bertz CT molecular complexity index is 687. The van der Waals surface area contributed by atoms with Gasteiger partial charge in [0.15, 0.2) is 0 Å². The Kier molecular flexibility index (Phi) is 6.51. The molecule has 1 fully saturated rings.